The molecule has 4 amide bonds. The highest BCUT2D eigenvalue weighted by atomic mass is 16.4. The molecular weight excluding hydrogens is 492 g/mol. The van der Waals surface area contributed by atoms with E-state index in [1.165, 1.54) is 11.8 Å². The average Bonchev–Trinajstić information content (AvgIpc) is 3.32. The van der Waals surface area contributed by atoms with Crippen LogP contribution in [0.15, 0.2) is 0 Å². The molecule has 15 nitrogen and oxygen atoms in total. The molecule has 0 aromatic heterocycles. The fourth-order valence-corrected chi connectivity index (χ4v) is 3.88. The summed E-state index contributed by atoms with van der Waals surface area (Å²) < 4.78 is 0. The molecule has 1 rings (SSSR count). The molecular formula is C22H38N6O9. The maximum Gasteiger partial charge on any atom is 0.322 e. The summed E-state index contributed by atoms with van der Waals surface area (Å²) >= 11 is 0. The fraction of sp³-hybridized carbons (Fsp3) is 0.727. The van der Waals surface area contributed by atoms with Gasteiger partial charge in [-0.1, -0.05) is 6.42 Å². The molecule has 0 spiro atoms. The first-order valence-electron chi connectivity index (χ1n) is 12.1. The molecule has 1 aliphatic rings. The van der Waals surface area contributed by atoms with E-state index < -0.39 is 78.8 Å². The number of rotatable bonds is 16. The Morgan fingerprint density at radius 1 is 1.00 bits per heavy atom. The van der Waals surface area contributed by atoms with Crippen molar-refractivity contribution in [1.29, 1.82) is 0 Å². The summed E-state index contributed by atoms with van der Waals surface area (Å²) in [7, 11) is 0. The second kappa shape index (κ2) is 15.7. The molecule has 0 unspecified atom stereocenters. The van der Waals surface area contributed by atoms with Crippen LogP contribution in [0.1, 0.15) is 51.9 Å². The van der Waals surface area contributed by atoms with E-state index in [1.54, 1.807) is 0 Å². The lowest BCUT2D eigenvalue weighted by atomic mass is 10.1. The van der Waals surface area contributed by atoms with Gasteiger partial charge in [-0.2, -0.15) is 0 Å². The van der Waals surface area contributed by atoms with Crippen molar-refractivity contribution in [2.45, 2.75) is 82.1 Å². The van der Waals surface area contributed by atoms with Gasteiger partial charge in [0.05, 0.1) is 12.1 Å². The minimum atomic E-state index is -1.56. The number of amides is 4. The van der Waals surface area contributed by atoms with E-state index in [9.17, 15) is 33.9 Å². The zero-order valence-corrected chi connectivity index (χ0v) is 20.9. The van der Waals surface area contributed by atoms with Crippen molar-refractivity contribution >= 4 is 35.6 Å². The lowest BCUT2D eigenvalue weighted by Crippen LogP contribution is -2.59. The number of carboxylic acid groups (broad SMARTS) is 2. The second-order valence-corrected chi connectivity index (χ2v) is 8.91. The zero-order valence-electron chi connectivity index (χ0n) is 20.9. The third kappa shape index (κ3) is 10.7. The number of carbonyl (C=O) groups is 6. The Balaban J connectivity index is 2.95. The van der Waals surface area contributed by atoms with Crippen LogP contribution in [0, 0.1) is 0 Å². The van der Waals surface area contributed by atoms with Crippen LogP contribution in [0.5, 0.6) is 0 Å². The van der Waals surface area contributed by atoms with Gasteiger partial charge in [-0.05, 0) is 45.6 Å². The maximum atomic E-state index is 13.0. The standard InChI is InChI=1S/C22H38N6O9/c1-12(29)18(21(36)25-11-17(32)33)27-19(34)14(7-8-16(30)31)26-20(35)15-6-4-10-28(15)22(37)13(24)5-2-3-9-23/h12-15,18,29H,2-11,23-24H2,1H3,(H,25,36)(H,26,35)(H,27,34)(H,30,31)(H,32,33)/t12-,13+,14+,15+,18+/m1/s1. The molecule has 0 aliphatic carbocycles. The van der Waals surface area contributed by atoms with Crippen molar-refractivity contribution < 1.29 is 44.1 Å². The molecule has 0 radical (unpaired) electrons. The van der Waals surface area contributed by atoms with E-state index in [-0.39, 0.29) is 6.42 Å². The molecule has 0 aromatic carbocycles. The maximum absolute atomic E-state index is 13.0. The van der Waals surface area contributed by atoms with Gasteiger partial charge in [0, 0.05) is 13.0 Å². The summed E-state index contributed by atoms with van der Waals surface area (Å²) in [4.78, 5) is 74.1. The van der Waals surface area contributed by atoms with Crippen molar-refractivity contribution in [3.05, 3.63) is 0 Å². The number of likely N-dealkylation sites (tertiary alicyclic amines) is 1. The van der Waals surface area contributed by atoms with Crippen molar-refractivity contribution in [2.75, 3.05) is 19.6 Å². The van der Waals surface area contributed by atoms with Gasteiger partial charge in [0.2, 0.25) is 23.6 Å². The Bertz CT molecular complexity index is 837. The van der Waals surface area contributed by atoms with Crippen LogP contribution in [0.25, 0.3) is 0 Å². The van der Waals surface area contributed by atoms with Crippen LogP contribution in [0.2, 0.25) is 0 Å². The zero-order chi connectivity index (χ0) is 28.1. The van der Waals surface area contributed by atoms with Crippen LogP contribution in [-0.4, -0.2) is 106 Å². The SMILES string of the molecule is C[C@@H](O)[C@H](NC(=O)[C@H](CCC(=O)O)NC(=O)[C@@H]1CCCN1C(=O)[C@@H](N)CCCCN)C(=O)NCC(=O)O. The molecule has 0 bridgehead atoms. The van der Waals surface area contributed by atoms with Gasteiger partial charge < -0.3 is 47.6 Å². The topological polar surface area (TPSA) is 254 Å². The fourth-order valence-electron chi connectivity index (χ4n) is 3.88. The molecule has 37 heavy (non-hydrogen) atoms. The normalized spacial score (nSPS) is 18.3. The lowest BCUT2D eigenvalue weighted by molar-refractivity contribution is -0.141. The Labute approximate surface area is 214 Å². The van der Waals surface area contributed by atoms with Crippen LogP contribution in [-0.2, 0) is 28.8 Å². The molecule has 1 fully saturated rings. The summed E-state index contributed by atoms with van der Waals surface area (Å²) in [5.74, 6) is -5.62. The minimum Gasteiger partial charge on any atom is -0.481 e. The van der Waals surface area contributed by atoms with Crippen LogP contribution in [0.3, 0.4) is 0 Å². The third-order valence-corrected chi connectivity index (χ3v) is 5.88. The number of aliphatic hydroxyl groups is 1. The number of carboxylic acids is 2. The number of carbonyl (C=O) groups excluding carboxylic acids is 4. The van der Waals surface area contributed by atoms with Gasteiger partial charge in [-0.25, -0.2) is 0 Å². The first-order valence-corrected chi connectivity index (χ1v) is 12.1. The quantitative estimate of drug-likeness (QED) is 0.0924. The number of aliphatic carboxylic acids is 2. The van der Waals surface area contributed by atoms with E-state index in [0.717, 1.165) is 0 Å². The molecule has 15 heteroatoms. The van der Waals surface area contributed by atoms with E-state index in [1.807, 2.05) is 5.32 Å². The van der Waals surface area contributed by atoms with E-state index in [0.29, 0.717) is 45.2 Å². The van der Waals surface area contributed by atoms with Crippen LogP contribution in [0.4, 0.5) is 0 Å². The highest BCUT2D eigenvalue weighted by Gasteiger charge is 2.38. The summed E-state index contributed by atoms with van der Waals surface area (Å²) in [5.41, 5.74) is 11.5. The number of nitrogens with one attached hydrogen (secondary N) is 3. The predicted molar refractivity (Wildman–Crippen MR) is 129 cm³/mol. The first kappa shape index (κ1) is 31.7. The molecule has 5 atom stereocenters. The average molecular weight is 531 g/mol. The summed E-state index contributed by atoms with van der Waals surface area (Å²) in [5, 5.41) is 34.4. The highest BCUT2D eigenvalue weighted by Crippen LogP contribution is 2.20. The van der Waals surface area contributed by atoms with Gasteiger partial charge in [0.1, 0.15) is 24.7 Å². The van der Waals surface area contributed by atoms with E-state index >= 15 is 0 Å². The second-order valence-electron chi connectivity index (χ2n) is 8.91. The van der Waals surface area contributed by atoms with Crippen molar-refractivity contribution in [2.24, 2.45) is 11.5 Å². The van der Waals surface area contributed by atoms with Gasteiger partial charge in [0.15, 0.2) is 0 Å². The van der Waals surface area contributed by atoms with Gasteiger partial charge in [-0.15, -0.1) is 0 Å². The molecule has 0 aromatic rings. The van der Waals surface area contributed by atoms with Crippen LogP contribution >= 0.6 is 0 Å². The van der Waals surface area contributed by atoms with Gasteiger partial charge in [0.25, 0.3) is 0 Å². The number of nitrogens with two attached hydrogens (primary N) is 2. The molecule has 1 saturated heterocycles. The Morgan fingerprint density at radius 2 is 1.68 bits per heavy atom. The Morgan fingerprint density at radius 3 is 2.24 bits per heavy atom. The summed E-state index contributed by atoms with van der Waals surface area (Å²) in [6, 6.07) is -4.71. The van der Waals surface area contributed by atoms with E-state index in [4.69, 9.17) is 21.7 Å². The minimum absolute atomic E-state index is 0.293. The van der Waals surface area contributed by atoms with Crippen molar-refractivity contribution in [3.8, 4) is 0 Å². The summed E-state index contributed by atoms with van der Waals surface area (Å²) in [6.45, 7) is 1.19. The number of hydrogen-bond acceptors (Lipinski definition) is 9. The smallest absolute Gasteiger partial charge is 0.322 e. The number of hydrogen-bond donors (Lipinski definition) is 8. The first-order chi connectivity index (χ1) is 17.4. The Kier molecular flexibility index (Phi) is 13.5. The van der Waals surface area contributed by atoms with Gasteiger partial charge >= 0.3 is 11.9 Å². The van der Waals surface area contributed by atoms with E-state index in [2.05, 4.69) is 10.6 Å². The van der Waals surface area contributed by atoms with Crippen LogP contribution < -0.4 is 27.4 Å². The summed E-state index contributed by atoms with van der Waals surface area (Å²) in [6.07, 6.45) is 0.320. The molecule has 210 valence electrons. The Hall–Kier alpha value is -3.30. The van der Waals surface area contributed by atoms with Crippen molar-refractivity contribution in [3.63, 3.8) is 0 Å². The largest absolute Gasteiger partial charge is 0.481 e. The molecule has 0 saturated carbocycles. The monoisotopic (exact) mass is 530 g/mol. The number of aliphatic hydroxyl groups excluding tert-OH is 1. The number of unbranched alkanes of at least 4 members (excludes halogenated alkanes) is 1. The van der Waals surface area contributed by atoms with Gasteiger partial charge in [-0.3, -0.25) is 28.8 Å². The highest BCUT2D eigenvalue weighted by molar-refractivity contribution is 5.95. The lowest BCUT2D eigenvalue weighted by Gasteiger charge is -2.29. The van der Waals surface area contributed by atoms with Crippen molar-refractivity contribution in [1.82, 2.24) is 20.9 Å². The molecule has 1 heterocycles. The number of nitrogens with zero attached hydrogens (tertiary/aromatic N) is 1. The third-order valence-electron chi connectivity index (χ3n) is 5.88. The molecule has 1 aliphatic heterocycles. The molecule has 10 N–H and O–H groups in total. The predicted octanol–water partition coefficient (Wildman–Crippen LogP) is -3.15.